The molecule has 32 heavy (non-hydrogen) atoms. The summed E-state index contributed by atoms with van der Waals surface area (Å²) in [5, 5.41) is 13.3. The topological polar surface area (TPSA) is 104 Å². The number of thiazole rings is 1. The van der Waals surface area contributed by atoms with Gasteiger partial charge in [-0.25, -0.2) is 10.5 Å². The van der Waals surface area contributed by atoms with Crippen molar-refractivity contribution < 1.29 is 19.5 Å². The van der Waals surface area contributed by atoms with Crippen molar-refractivity contribution in [2.45, 2.75) is 90.0 Å². The number of rotatable bonds is 8. The van der Waals surface area contributed by atoms with Crippen LogP contribution < -0.4 is 10.8 Å². The molecule has 0 radical (unpaired) electrons. The Morgan fingerprint density at radius 3 is 2.56 bits per heavy atom. The first-order valence-electron chi connectivity index (χ1n) is 11.4. The molecule has 3 rings (SSSR count). The minimum atomic E-state index is -0.748. The lowest BCUT2D eigenvalue weighted by Crippen LogP contribution is -2.54. The quantitative estimate of drug-likeness (QED) is 0.511. The SMILES string of the molecule is C=C(C)N[C@H](C(=O)N1C[C@H](O)C[C@H]1C(=O)NOC1CCC(c2scnc2C)CC1)C(C)C. The second-order valence-electron chi connectivity index (χ2n) is 9.40. The van der Waals surface area contributed by atoms with Crippen LogP contribution in [0.2, 0.25) is 0 Å². The van der Waals surface area contributed by atoms with E-state index in [0.717, 1.165) is 31.4 Å². The number of carbonyl (C=O) groups excluding carboxylic acids is 2. The molecule has 1 saturated carbocycles. The minimum absolute atomic E-state index is 0.00858. The average molecular weight is 465 g/mol. The van der Waals surface area contributed by atoms with Crippen molar-refractivity contribution in [2.75, 3.05) is 6.54 Å². The smallest absolute Gasteiger partial charge is 0.266 e. The number of β-amino-alcohol motifs (C(OH)–C–C–N with tert-alkyl or cyclic N) is 1. The van der Waals surface area contributed by atoms with Crippen LogP contribution in [0, 0.1) is 12.8 Å². The van der Waals surface area contributed by atoms with E-state index >= 15 is 0 Å². The van der Waals surface area contributed by atoms with Gasteiger partial charge < -0.3 is 15.3 Å². The number of hydrogen-bond acceptors (Lipinski definition) is 7. The zero-order chi connectivity index (χ0) is 23.4. The van der Waals surface area contributed by atoms with Crippen LogP contribution >= 0.6 is 11.3 Å². The van der Waals surface area contributed by atoms with Gasteiger partial charge in [0.1, 0.15) is 12.1 Å². The molecule has 3 atom stereocenters. The number of amides is 2. The molecule has 8 nitrogen and oxygen atoms in total. The van der Waals surface area contributed by atoms with E-state index in [4.69, 9.17) is 4.84 Å². The zero-order valence-corrected chi connectivity index (χ0v) is 20.3. The van der Waals surface area contributed by atoms with Crippen molar-refractivity contribution in [1.29, 1.82) is 0 Å². The fraction of sp³-hybridized carbons (Fsp3) is 0.696. The molecule has 1 aromatic heterocycles. The molecule has 1 saturated heterocycles. The molecule has 1 aliphatic carbocycles. The monoisotopic (exact) mass is 464 g/mol. The summed E-state index contributed by atoms with van der Waals surface area (Å²) in [4.78, 5) is 38.9. The number of carbonyl (C=O) groups is 2. The second kappa shape index (κ2) is 10.8. The molecule has 178 valence electrons. The molecule has 0 bridgehead atoms. The summed E-state index contributed by atoms with van der Waals surface area (Å²) in [6.07, 6.45) is 3.14. The Morgan fingerprint density at radius 1 is 1.31 bits per heavy atom. The van der Waals surface area contributed by atoms with Crippen LogP contribution in [0.15, 0.2) is 17.8 Å². The molecule has 3 N–H and O–H groups in total. The lowest BCUT2D eigenvalue weighted by molar-refractivity contribution is -0.150. The van der Waals surface area contributed by atoms with Gasteiger partial charge in [0.05, 0.1) is 23.4 Å². The van der Waals surface area contributed by atoms with E-state index in [2.05, 4.69) is 22.4 Å². The number of aliphatic hydroxyl groups is 1. The number of aromatic nitrogens is 1. The van der Waals surface area contributed by atoms with Gasteiger partial charge in [-0.1, -0.05) is 20.4 Å². The Hall–Kier alpha value is -1.97. The summed E-state index contributed by atoms with van der Waals surface area (Å²) < 4.78 is 0. The standard InChI is InChI=1S/C23H36N4O4S/c1-13(2)20(25-14(3)4)23(30)27-11-17(28)10-19(27)22(29)26-31-18-8-6-16(7-9-18)21-15(5)24-12-32-21/h12-13,16-20,25,28H,3,6-11H2,1-2,4-5H3,(H,26,29)/t16?,17-,18?,19+,20+/m1/s1. The highest BCUT2D eigenvalue weighted by Gasteiger charge is 2.42. The van der Waals surface area contributed by atoms with E-state index in [1.54, 1.807) is 18.3 Å². The van der Waals surface area contributed by atoms with Crippen molar-refractivity contribution in [2.24, 2.45) is 5.92 Å². The number of aliphatic hydroxyl groups excluding tert-OH is 1. The van der Waals surface area contributed by atoms with E-state index < -0.39 is 18.2 Å². The molecule has 0 spiro atoms. The highest BCUT2D eigenvalue weighted by atomic mass is 32.1. The Balaban J connectivity index is 1.54. The third kappa shape index (κ3) is 5.88. The van der Waals surface area contributed by atoms with Gasteiger partial charge in [0.2, 0.25) is 5.91 Å². The molecular weight excluding hydrogens is 428 g/mol. The van der Waals surface area contributed by atoms with Crippen LogP contribution in [-0.4, -0.2) is 57.6 Å². The molecule has 9 heteroatoms. The Bertz CT molecular complexity index is 819. The molecule has 0 aromatic carbocycles. The fourth-order valence-corrected chi connectivity index (χ4v) is 5.59. The summed E-state index contributed by atoms with van der Waals surface area (Å²) in [5.41, 5.74) is 6.27. The van der Waals surface area contributed by atoms with Crippen molar-refractivity contribution in [3.05, 3.63) is 28.4 Å². The van der Waals surface area contributed by atoms with E-state index in [1.807, 2.05) is 26.3 Å². The molecule has 2 aliphatic rings. The number of allylic oxidation sites excluding steroid dienone is 1. The maximum atomic E-state index is 13.2. The summed E-state index contributed by atoms with van der Waals surface area (Å²) in [6, 6.07) is -1.25. The molecular formula is C23H36N4O4S. The van der Waals surface area contributed by atoms with Crippen molar-refractivity contribution >= 4 is 23.2 Å². The summed E-state index contributed by atoms with van der Waals surface area (Å²) >= 11 is 1.71. The van der Waals surface area contributed by atoms with Gasteiger partial charge >= 0.3 is 0 Å². The first kappa shape index (κ1) is 24.7. The number of hydroxylamine groups is 1. The maximum Gasteiger partial charge on any atom is 0.266 e. The van der Waals surface area contributed by atoms with Gasteiger partial charge in [-0.05, 0) is 51.4 Å². The highest BCUT2D eigenvalue weighted by molar-refractivity contribution is 7.09. The zero-order valence-electron chi connectivity index (χ0n) is 19.5. The fourth-order valence-electron chi connectivity index (χ4n) is 4.62. The van der Waals surface area contributed by atoms with E-state index in [0.29, 0.717) is 11.6 Å². The Labute approximate surface area is 194 Å². The van der Waals surface area contributed by atoms with Crippen LogP contribution in [0.3, 0.4) is 0 Å². The minimum Gasteiger partial charge on any atom is -0.391 e. The summed E-state index contributed by atoms with van der Waals surface area (Å²) in [7, 11) is 0. The lowest BCUT2D eigenvalue weighted by Gasteiger charge is -2.31. The summed E-state index contributed by atoms with van der Waals surface area (Å²) in [5.74, 6) is -0.0764. The van der Waals surface area contributed by atoms with E-state index in [-0.39, 0.29) is 36.8 Å². The molecule has 2 amide bonds. The van der Waals surface area contributed by atoms with Crippen molar-refractivity contribution in [3.8, 4) is 0 Å². The van der Waals surface area contributed by atoms with Gasteiger partial charge in [-0.15, -0.1) is 11.3 Å². The first-order chi connectivity index (χ1) is 15.2. The number of likely N-dealkylation sites (tertiary alicyclic amines) is 1. The van der Waals surface area contributed by atoms with Crippen LogP contribution in [-0.2, 0) is 14.4 Å². The van der Waals surface area contributed by atoms with Crippen LogP contribution in [0.5, 0.6) is 0 Å². The van der Waals surface area contributed by atoms with Gasteiger partial charge in [0.25, 0.3) is 5.91 Å². The van der Waals surface area contributed by atoms with Gasteiger partial charge in [0, 0.05) is 23.5 Å². The Kier molecular flexibility index (Phi) is 8.30. The van der Waals surface area contributed by atoms with Gasteiger partial charge in [-0.2, -0.15) is 0 Å². The van der Waals surface area contributed by atoms with Crippen LogP contribution in [0.1, 0.15) is 69.4 Å². The predicted molar refractivity (Wildman–Crippen MR) is 124 cm³/mol. The second-order valence-corrected chi connectivity index (χ2v) is 10.3. The normalized spacial score (nSPS) is 26.8. The molecule has 2 heterocycles. The van der Waals surface area contributed by atoms with E-state index in [1.165, 1.54) is 9.78 Å². The number of hydrogen-bond donors (Lipinski definition) is 3. The average Bonchev–Trinajstić information content (AvgIpc) is 3.35. The molecule has 1 aliphatic heterocycles. The van der Waals surface area contributed by atoms with Crippen molar-refractivity contribution in [3.63, 3.8) is 0 Å². The molecule has 2 fully saturated rings. The number of nitrogens with zero attached hydrogens (tertiary/aromatic N) is 2. The highest BCUT2D eigenvalue weighted by Crippen LogP contribution is 2.37. The van der Waals surface area contributed by atoms with Crippen LogP contribution in [0.25, 0.3) is 0 Å². The number of aryl methyl sites for hydroxylation is 1. The van der Waals surface area contributed by atoms with Crippen molar-refractivity contribution in [1.82, 2.24) is 20.7 Å². The third-order valence-electron chi connectivity index (χ3n) is 6.35. The Morgan fingerprint density at radius 2 is 2.00 bits per heavy atom. The van der Waals surface area contributed by atoms with Gasteiger partial charge in [-0.3, -0.25) is 14.4 Å². The summed E-state index contributed by atoms with van der Waals surface area (Å²) in [6.45, 7) is 11.7. The largest absolute Gasteiger partial charge is 0.391 e. The number of nitrogens with one attached hydrogen (secondary N) is 2. The van der Waals surface area contributed by atoms with Gasteiger partial charge in [0.15, 0.2) is 0 Å². The lowest BCUT2D eigenvalue weighted by atomic mass is 9.86. The first-order valence-corrected chi connectivity index (χ1v) is 12.3. The predicted octanol–water partition coefficient (Wildman–Crippen LogP) is 2.64. The van der Waals surface area contributed by atoms with E-state index in [9.17, 15) is 14.7 Å². The third-order valence-corrected chi connectivity index (χ3v) is 7.45. The molecule has 1 aromatic rings. The molecule has 0 unspecified atom stereocenters. The van der Waals surface area contributed by atoms with Crippen LogP contribution in [0.4, 0.5) is 0 Å². The maximum absolute atomic E-state index is 13.2.